The minimum atomic E-state index is 0.727. The van der Waals surface area contributed by atoms with Crippen molar-refractivity contribution >= 4 is 15.9 Å². The molecular weight excluding hydrogens is 216 g/mol. The van der Waals surface area contributed by atoms with Gasteiger partial charge in [0.25, 0.3) is 0 Å². The van der Waals surface area contributed by atoms with Crippen molar-refractivity contribution in [1.29, 1.82) is 0 Å². The fraction of sp³-hybridized carbons (Fsp3) is 0.200. The van der Waals surface area contributed by atoms with Crippen LogP contribution in [-0.4, -0.2) is 6.61 Å². The third-order valence-electron chi connectivity index (χ3n) is 1.78. The third kappa shape index (κ3) is 1.89. The second-order valence-electron chi connectivity index (χ2n) is 2.79. The highest BCUT2D eigenvalue weighted by molar-refractivity contribution is 9.12. The maximum atomic E-state index is 5.51. The number of ether oxygens (including phenoxy) is 1. The molecule has 0 heterocycles. The Kier molecular flexibility index (Phi) is 2.17. The van der Waals surface area contributed by atoms with Crippen molar-refractivity contribution in [3.63, 3.8) is 0 Å². The van der Waals surface area contributed by atoms with Crippen LogP contribution in [-0.2, 0) is 0 Å². The molecule has 0 saturated carbocycles. The summed E-state index contributed by atoms with van der Waals surface area (Å²) in [7, 11) is 0. The molecule has 0 aliphatic heterocycles. The van der Waals surface area contributed by atoms with E-state index in [9.17, 15) is 0 Å². The van der Waals surface area contributed by atoms with E-state index in [0.717, 1.165) is 18.8 Å². The Labute approximate surface area is 80.2 Å². The molecule has 0 N–H and O–H groups in total. The number of hydrogen-bond acceptors (Lipinski definition) is 1. The quantitative estimate of drug-likeness (QED) is 0.767. The monoisotopic (exact) mass is 224 g/mol. The van der Waals surface area contributed by atoms with E-state index in [2.05, 4.69) is 15.9 Å². The molecule has 1 nitrogen and oxygen atoms in total. The van der Waals surface area contributed by atoms with E-state index < -0.39 is 0 Å². The molecule has 1 aliphatic rings. The molecule has 0 unspecified atom stereocenters. The van der Waals surface area contributed by atoms with Gasteiger partial charge in [0.15, 0.2) is 0 Å². The van der Waals surface area contributed by atoms with Gasteiger partial charge in [0, 0.05) is 10.9 Å². The highest BCUT2D eigenvalue weighted by atomic mass is 79.9. The van der Waals surface area contributed by atoms with Crippen LogP contribution >= 0.6 is 15.9 Å². The lowest BCUT2D eigenvalue weighted by molar-refractivity contribution is 0.356. The van der Waals surface area contributed by atoms with E-state index >= 15 is 0 Å². The summed E-state index contributed by atoms with van der Waals surface area (Å²) in [6.45, 7) is 0.727. The lowest BCUT2D eigenvalue weighted by Crippen LogP contribution is -1.93. The van der Waals surface area contributed by atoms with E-state index in [1.54, 1.807) is 0 Å². The number of allylic oxidation sites excluding steroid dienone is 1. The molecule has 0 fully saturated rings. The molecule has 2 heteroatoms. The molecule has 0 aromatic heterocycles. The first-order valence-electron chi connectivity index (χ1n) is 3.90. The molecule has 0 amide bonds. The van der Waals surface area contributed by atoms with Crippen molar-refractivity contribution in [3.05, 3.63) is 40.4 Å². The fourth-order valence-corrected chi connectivity index (χ4v) is 1.41. The zero-order valence-corrected chi connectivity index (χ0v) is 8.17. The zero-order chi connectivity index (χ0) is 8.39. The maximum Gasteiger partial charge on any atom is 0.119 e. The summed E-state index contributed by atoms with van der Waals surface area (Å²) >= 11 is 3.42. The Balaban J connectivity index is 1.89. The zero-order valence-electron chi connectivity index (χ0n) is 6.59. The minimum absolute atomic E-state index is 0.727. The molecule has 1 aromatic rings. The summed E-state index contributed by atoms with van der Waals surface area (Å²) in [6, 6.07) is 9.88. The van der Waals surface area contributed by atoms with Crippen LogP contribution in [0.15, 0.2) is 40.4 Å². The van der Waals surface area contributed by atoms with Crippen molar-refractivity contribution in [2.75, 3.05) is 6.61 Å². The molecule has 12 heavy (non-hydrogen) atoms. The normalized spacial score (nSPS) is 14.8. The fourth-order valence-electron chi connectivity index (χ4n) is 0.960. The average Bonchev–Trinajstić information content (AvgIpc) is 2.81. The van der Waals surface area contributed by atoms with Crippen LogP contribution in [0, 0.1) is 0 Å². The molecule has 1 aliphatic carbocycles. The van der Waals surface area contributed by atoms with Gasteiger partial charge in [0.2, 0.25) is 0 Å². The Morgan fingerprint density at radius 3 is 2.50 bits per heavy atom. The second kappa shape index (κ2) is 3.31. The Hall–Kier alpha value is -0.760. The summed E-state index contributed by atoms with van der Waals surface area (Å²) in [5.41, 5.74) is 1.37. The molecule has 62 valence electrons. The van der Waals surface area contributed by atoms with E-state index in [0.29, 0.717) is 0 Å². The number of benzene rings is 1. The van der Waals surface area contributed by atoms with E-state index in [4.69, 9.17) is 4.74 Å². The first kappa shape index (κ1) is 7.87. The van der Waals surface area contributed by atoms with Crippen LogP contribution in [0.2, 0.25) is 0 Å². The maximum absolute atomic E-state index is 5.51. The molecule has 1 aromatic carbocycles. The number of hydrogen-bond donors (Lipinski definition) is 0. The Morgan fingerprint density at radius 2 is 1.92 bits per heavy atom. The molecule has 0 atom stereocenters. The predicted octanol–water partition coefficient (Wildman–Crippen LogP) is 3.12. The van der Waals surface area contributed by atoms with Crippen LogP contribution in [0.5, 0.6) is 5.75 Å². The topological polar surface area (TPSA) is 9.23 Å². The van der Waals surface area contributed by atoms with Gasteiger partial charge < -0.3 is 4.74 Å². The Morgan fingerprint density at radius 1 is 1.25 bits per heavy atom. The average molecular weight is 225 g/mol. The second-order valence-corrected chi connectivity index (χ2v) is 3.74. The van der Waals surface area contributed by atoms with E-state index in [1.807, 2.05) is 30.3 Å². The Bertz CT molecular complexity index is 303. The van der Waals surface area contributed by atoms with Crippen molar-refractivity contribution in [3.8, 4) is 5.75 Å². The molecule has 0 bridgehead atoms. The summed E-state index contributed by atoms with van der Waals surface area (Å²) < 4.78 is 6.82. The number of para-hydroxylation sites is 1. The molecule has 0 radical (unpaired) electrons. The highest BCUT2D eigenvalue weighted by Gasteiger charge is 2.18. The van der Waals surface area contributed by atoms with E-state index in [-0.39, 0.29) is 0 Å². The summed E-state index contributed by atoms with van der Waals surface area (Å²) in [5.74, 6) is 0.942. The van der Waals surface area contributed by atoms with Gasteiger partial charge >= 0.3 is 0 Å². The van der Waals surface area contributed by atoms with Gasteiger partial charge in [-0.3, -0.25) is 0 Å². The standard InChI is InChI=1S/C10H9BrO/c11-10-6-8(10)7-12-9-4-2-1-3-5-9/h1-5H,6-7H2. The number of rotatable bonds is 3. The lowest BCUT2D eigenvalue weighted by Gasteiger charge is -2.01. The molecule has 2 rings (SSSR count). The molecule has 0 saturated heterocycles. The van der Waals surface area contributed by atoms with Gasteiger partial charge in [-0.15, -0.1) is 0 Å². The van der Waals surface area contributed by atoms with Crippen molar-refractivity contribution < 1.29 is 4.74 Å². The van der Waals surface area contributed by atoms with Crippen LogP contribution in [0.25, 0.3) is 0 Å². The largest absolute Gasteiger partial charge is 0.489 e. The van der Waals surface area contributed by atoms with E-state index in [1.165, 1.54) is 10.1 Å². The van der Waals surface area contributed by atoms with Gasteiger partial charge in [-0.05, 0) is 17.7 Å². The van der Waals surface area contributed by atoms with Gasteiger partial charge in [0.1, 0.15) is 12.4 Å². The summed E-state index contributed by atoms with van der Waals surface area (Å²) in [4.78, 5) is 0. The smallest absolute Gasteiger partial charge is 0.119 e. The van der Waals surface area contributed by atoms with Crippen LogP contribution in [0.1, 0.15) is 6.42 Å². The van der Waals surface area contributed by atoms with Gasteiger partial charge in [-0.2, -0.15) is 0 Å². The van der Waals surface area contributed by atoms with Gasteiger partial charge in [-0.1, -0.05) is 34.1 Å². The van der Waals surface area contributed by atoms with Crippen LogP contribution in [0.4, 0.5) is 0 Å². The first-order chi connectivity index (χ1) is 5.86. The highest BCUT2D eigenvalue weighted by Crippen LogP contribution is 2.36. The van der Waals surface area contributed by atoms with Crippen LogP contribution < -0.4 is 4.74 Å². The van der Waals surface area contributed by atoms with Gasteiger partial charge in [0.05, 0.1) is 0 Å². The summed E-state index contributed by atoms with van der Waals surface area (Å²) in [5, 5.41) is 0. The van der Waals surface area contributed by atoms with Crippen molar-refractivity contribution in [2.24, 2.45) is 0 Å². The number of halogens is 1. The first-order valence-corrected chi connectivity index (χ1v) is 4.70. The van der Waals surface area contributed by atoms with Crippen molar-refractivity contribution in [1.82, 2.24) is 0 Å². The molecule has 0 spiro atoms. The summed E-state index contributed by atoms with van der Waals surface area (Å²) in [6.07, 6.45) is 1.09. The SMILES string of the molecule is BrC1=C(COc2ccccc2)C1. The minimum Gasteiger partial charge on any atom is -0.489 e. The van der Waals surface area contributed by atoms with Gasteiger partial charge in [-0.25, -0.2) is 0 Å². The van der Waals surface area contributed by atoms with Crippen molar-refractivity contribution in [2.45, 2.75) is 6.42 Å². The predicted molar refractivity (Wildman–Crippen MR) is 52.5 cm³/mol. The lowest BCUT2D eigenvalue weighted by atomic mass is 10.3. The third-order valence-corrected chi connectivity index (χ3v) is 2.62. The molecular formula is C10H9BrO. The van der Waals surface area contributed by atoms with Crippen LogP contribution in [0.3, 0.4) is 0 Å².